The molecule has 3 amide bonds. The van der Waals surface area contributed by atoms with E-state index in [4.69, 9.17) is 16.3 Å². The number of amides is 3. The van der Waals surface area contributed by atoms with Gasteiger partial charge in [-0.25, -0.2) is 14.0 Å². The van der Waals surface area contributed by atoms with Crippen molar-refractivity contribution in [3.63, 3.8) is 0 Å². The van der Waals surface area contributed by atoms with Gasteiger partial charge in [0.05, 0.1) is 28.8 Å². The summed E-state index contributed by atoms with van der Waals surface area (Å²) in [6, 6.07) is 11.4. The van der Waals surface area contributed by atoms with E-state index in [-0.39, 0.29) is 24.6 Å². The van der Waals surface area contributed by atoms with Gasteiger partial charge in [-0.1, -0.05) is 35.9 Å². The van der Waals surface area contributed by atoms with Crippen molar-refractivity contribution in [3.05, 3.63) is 81.8 Å². The summed E-state index contributed by atoms with van der Waals surface area (Å²) in [6.07, 6.45) is 0. The first kappa shape index (κ1) is 26.6. The van der Waals surface area contributed by atoms with Crippen LogP contribution in [0.25, 0.3) is 0 Å². The molecular formula is C27H30ClFN4O4. The molecule has 0 spiro atoms. The molecular weight excluding hydrogens is 499 g/mol. The fourth-order valence-corrected chi connectivity index (χ4v) is 5.00. The predicted octanol–water partition coefficient (Wildman–Crippen LogP) is 3.84. The van der Waals surface area contributed by atoms with Gasteiger partial charge in [0.15, 0.2) is 0 Å². The number of hydrogen-bond donors (Lipinski definition) is 1. The first-order valence-electron chi connectivity index (χ1n) is 12.2. The number of benzene rings is 2. The second-order valence-electron chi connectivity index (χ2n) is 9.14. The second kappa shape index (κ2) is 11.3. The minimum absolute atomic E-state index is 0.125. The summed E-state index contributed by atoms with van der Waals surface area (Å²) in [5.74, 6) is -1.09. The summed E-state index contributed by atoms with van der Waals surface area (Å²) in [4.78, 5) is 44.5. The van der Waals surface area contributed by atoms with Crippen molar-refractivity contribution in [1.82, 2.24) is 20.0 Å². The number of nitrogens with zero attached hydrogens (tertiary/aromatic N) is 3. The fourth-order valence-electron chi connectivity index (χ4n) is 4.78. The summed E-state index contributed by atoms with van der Waals surface area (Å²) < 4.78 is 18.9. The number of rotatable bonds is 6. The minimum Gasteiger partial charge on any atom is -0.463 e. The summed E-state index contributed by atoms with van der Waals surface area (Å²) in [6.45, 7) is 5.68. The molecule has 0 radical (unpaired) electrons. The third-order valence-corrected chi connectivity index (χ3v) is 7.06. The number of halogens is 2. The van der Waals surface area contributed by atoms with E-state index in [0.717, 1.165) is 0 Å². The number of ether oxygens (including phenoxy) is 1. The Hall–Kier alpha value is -3.43. The van der Waals surface area contributed by atoms with Gasteiger partial charge in [0.2, 0.25) is 0 Å². The van der Waals surface area contributed by atoms with E-state index in [1.165, 1.54) is 17.0 Å². The smallest absolute Gasteiger partial charge is 0.338 e. The van der Waals surface area contributed by atoms with Crippen LogP contribution in [0.1, 0.15) is 35.8 Å². The van der Waals surface area contributed by atoms with E-state index < -0.39 is 17.8 Å². The molecule has 2 aromatic carbocycles. The summed E-state index contributed by atoms with van der Waals surface area (Å²) in [5.41, 5.74) is 1.85. The molecule has 0 bridgehead atoms. The maximum Gasteiger partial charge on any atom is 0.338 e. The number of hydrogen-bond acceptors (Lipinski definition) is 5. The normalized spacial score (nSPS) is 20.6. The zero-order valence-electron chi connectivity index (χ0n) is 21.0. The van der Waals surface area contributed by atoms with E-state index in [0.29, 0.717) is 53.6 Å². The van der Waals surface area contributed by atoms with Crippen molar-refractivity contribution in [1.29, 1.82) is 0 Å². The molecule has 1 N–H and O–H groups in total. The van der Waals surface area contributed by atoms with Gasteiger partial charge in [-0.05, 0) is 43.7 Å². The molecule has 2 atom stereocenters. The number of carbonyl (C=O) groups is 3. The maximum atomic E-state index is 13.6. The molecule has 1 fully saturated rings. The third kappa shape index (κ3) is 5.62. The molecule has 1 saturated heterocycles. The van der Waals surface area contributed by atoms with Crippen LogP contribution >= 0.6 is 11.6 Å². The van der Waals surface area contributed by atoms with Crippen LogP contribution in [0.4, 0.5) is 9.18 Å². The van der Waals surface area contributed by atoms with Crippen LogP contribution in [0.2, 0.25) is 5.02 Å². The number of piperazine rings is 1. The molecule has 0 aliphatic carbocycles. The lowest BCUT2D eigenvalue weighted by Crippen LogP contribution is -2.56. The lowest BCUT2D eigenvalue weighted by molar-refractivity contribution is -0.139. The van der Waals surface area contributed by atoms with Gasteiger partial charge < -0.3 is 15.0 Å². The number of urea groups is 1. The molecule has 2 heterocycles. The molecule has 0 aromatic heterocycles. The Labute approximate surface area is 220 Å². The minimum atomic E-state index is -0.779. The van der Waals surface area contributed by atoms with E-state index in [1.54, 1.807) is 55.3 Å². The lowest BCUT2D eigenvalue weighted by atomic mass is 9.94. The topological polar surface area (TPSA) is 82.2 Å². The molecule has 2 aromatic rings. The van der Waals surface area contributed by atoms with Gasteiger partial charge >= 0.3 is 12.0 Å². The van der Waals surface area contributed by atoms with Crippen LogP contribution in [0.5, 0.6) is 0 Å². The monoisotopic (exact) mass is 528 g/mol. The molecule has 0 unspecified atom stereocenters. The average molecular weight is 529 g/mol. The number of likely N-dealkylation sites (N-methyl/N-ethyl adjacent to an activating group) is 1. The molecule has 4 rings (SSSR count). The Morgan fingerprint density at radius 3 is 2.49 bits per heavy atom. The van der Waals surface area contributed by atoms with E-state index in [1.807, 2.05) is 6.92 Å². The molecule has 2 aliphatic rings. The summed E-state index contributed by atoms with van der Waals surface area (Å²) in [7, 11) is 1.60. The van der Waals surface area contributed by atoms with Crippen molar-refractivity contribution in [2.45, 2.75) is 25.9 Å². The quantitative estimate of drug-likeness (QED) is 0.576. The van der Waals surface area contributed by atoms with Gasteiger partial charge in [-0.2, -0.15) is 0 Å². The maximum absolute atomic E-state index is 13.6. The van der Waals surface area contributed by atoms with E-state index in [9.17, 15) is 18.8 Å². The van der Waals surface area contributed by atoms with Gasteiger partial charge in [0, 0.05) is 45.0 Å². The Morgan fingerprint density at radius 2 is 1.84 bits per heavy atom. The molecule has 10 heteroatoms. The number of esters is 1. The molecule has 2 aliphatic heterocycles. The van der Waals surface area contributed by atoms with Crippen molar-refractivity contribution < 1.29 is 23.5 Å². The second-order valence-corrected chi connectivity index (χ2v) is 9.54. The van der Waals surface area contributed by atoms with Crippen molar-refractivity contribution in [3.8, 4) is 0 Å². The Bertz CT molecular complexity index is 1220. The molecule has 196 valence electrons. The highest BCUT2D eigenvalue weighted by Crippen LogP contribution is 2.32. The molecule has 37 heavy (non-hydrogen) atoms. The van der Waals surface area contributed by atoms with E-state index >= 15 is 0 Å². The van der Waals surface area contributed by atoms with Gasteiger partial charge in [0.1, 0.15) is 5.82 Å². The highest BCUT2D eigenvalue weighted by Gasteiger charge is 2.38. The molecule has 0 saturated carbocycles. The van der Waals surface area contributed by atoms with Crippen molar-refractivity contribution in [2.24, 2.45) is 0 Å². The zero-order chi connectivity index (χ0) is 26.7. The number of nitrogens with one attached hydrogen (secondary N) is 1. The number of carbonyl (C=O) groups excluding carboxylic acids is 3. The van der Waals surface area contributed by atoms with Crippen LogP contribution < -0.4 is 5.32 Å². The van der Waals surface area contributed by atoms with Gasteiger partial charge in [-0.15, -0.1) is 0 Å². The van der Waals surface area contributed by atoms with Crippen LogP contribution in [0.15, 0.2) is 59.8 Å². The van der Waals surface area contributed by atoms with E-state index in [2.05, 4.69) is 10.2 Å². The third-order valence-electron chi connectivity index (χ3n) is 6.73. The fraction of sp³-hybridized carbons (Fsp3) is 0.370. The van der Waals surface area contributed by atoms with Crippen molar-refractivity contribution in [2.75, 3.05) is 39.8 Å². The largest absolute Gasteiger partial charge is 0.463 e. The van der Waals surface area contributed by atoms with Crippen molar-refractivity contribution >= 4 is 29.5 Å². The Balaban J connectivity index is 1.60. The summed E-state index contributed by atoms with van der Waals surface area (Å²) in [5, 5.41) is 3.24. The Kier molecular flexibility index (Phi) is 8.14. The van der Waals surface area contributed by atoms with Gasteiger partial charge in [0.25, 0.3) is 5.91 Å². The lowest BCUT2D eigenvalue weighted by Gasteiger charge is -2.42. The van der Waals surface area contributed by atoms with Gasteiger partial charge in [-0.3, -0.25) is 14.6 Å². The highest BCUT2D eigenvalue weighted by atomic mass is 35.5. The summed E-state index contributed by atoms with van der Waals surface area (Å²) >= 11 is 6.25. The first-order valence-corrected chi connectivity index (χ1v) is 12.6. The first-order chi connectivity index (χ1) is 17.7. The standard InChI is InChI=1S/C27H30ClFN4O4/c1-4-37-26(35)23-22(31(3)27(36)30-24(23)18-9-11-19(29)12-10-18)16-32-13-14-33(17(2)15-32)25(34)20-7-5-6-8-21(20)28/h5-12,17,24H,4,13-16H2,1-3H3,(H,30,36)/t17-,24-/m0/s1. The molecule has 8 nitrogen and oxygen atoms in total. The van der Waals surface area contributed by atoms with Crippen LogP contribution in [-0.2, 0) is 9.53 Å². The SMILES string of the molecule is CCOC(=O)C1=C(CN2CCN(C(=O)c3ccccc3Cl)[C@@H](C)C2)N(C)C(=O)N[C@H]1c1ccc(F)cc1. The highest BCUT2D eigenvalue weighted by molar-refractivity contribution is 6.33. The van der Waals surface area contributed by atoms with Crippen LogP contribution in [-0.4, -0.2) is 78.5 Å². The Morgan fingerprint density at radius 1 is 1.14 bits per heavy atom. The van der Waals surface area contributed by atoms with Crippen LogP contribution in [0.3, 0.4) is 0 Å². The zero-order valence-corrected chi connectivity index (χ0v) is 21.8. The average Bonchev–Trinajstić information content (AvgIpc) is 2.87. The van der Waals surface area contributed by atoms with Crippen LogP contribution in [0, 0.1) is 5.82 Å². The predicted molar refractivity (Wildman–Crippen MR) is 137 cm³/mol.